The van der Waals surface area contributed by atoms with Gasteiger partial charge in [0.25, 0.3) is 0 Å². The Morgan fingerprint density at radius 2 is 1.41 bits per heavy atom. The lowest BCUT2D eigenvalue weighted by Gasteiger charge is -2.61. The van der Waals surface area contributed by atoms with Crippen LogP contribution in [0, 0.1) is 61.2 Å². The van der Waals surface area contributed by atoms with Crippen molar-refractivity contribution in [2.24, 2.45) is 15.8 Å². The van der Waals surface area contributed by atoms with Gasteiger partial charge in [-0.25, -0.2) is 4.99 Å². The first-order valence-corrected chi connectivity index (χ1v) is 14.5. The summed E-state index contributed by atoms with van der Waals surface area (Å²) in [6.45, 7) is 9.87. The van der Waals surface area contributed by atoms with E-state index in [1.54, 1.807) is 0 Å². The average molecular weight is 579 g/mol. The van der Waals surface area contributed by atoms with Gasteiger partial charge in [0.15, 0.2) is 0 Å². The standard InChI is InChI=1S/C33H31ClN6S/c1-21-9-11-25(13-23(21)3)38-17-32(15-35)29(27-7-5-6-8-28(27)34)33(16-36,18-38)31(41)40-20-39(19-37-30(32)40)26-12-10-22(2)24(4)14-26/h5-14,29H,17-20H2,1-4H3. The van der Waals surface area contributed by atoms with Gasteiger partial charge < -0.3 is 14.7 Å². The van der Waals surface area contributed by atoms with Crippen LogP contribution in [0.15, 0.2) is 65.7 Å². The van der Waals surface area contributed by atoms with E-state index in [9.17, 15) is 10.5 Å². The Morgan fingerprint density at radius 3 is 2.00 bits per heavy atom. The zero-order valence-corrected chi connectivity index (χ0v) is 25.2. The molecule has 3 heterocycles. The summed E-state index contributed by atoms with van der Waals surface area (Å²) in [5.74, 6) is 0.0478. The van der Waals surface area contributed by atoms with Crippen LogP contribution >= 0.6 is 23.8 Å². The minimum absolute atomic E-state index is 0.345. The molecule has 6 rings (SSSR count). The van der Waals surface area contributed by atoms with E-state index < -0.39 is 16.7 Å². The molecule has 0 N–H and O–H groups in total. The van der Waals surface area contributed by atoms with Crippen molar-refractivity contribution in [1.82, 2.24) is 4.90 Å². The number of hydrogen-bond donors (Lipinski definition) is 0. The average Bonchev–Trinajstić information content (AvgIpc) is 2.98. The number of thiocarbonyl (C=S) groups is 1. The van der Waals surface area contributed by atoms with Crippen molar-refractivity contribution in [2.75, 3.05) is 36.2 Å². The molecule has 0 aliphatic carbocycles. The van der Waals surface area contributed by atoms with Gasteiger partial charge in [-0.1, -0.05) is 54.2 Å². The molecular formula is C33H31ClN6S. The maximum Gasteiger partial charge on any atom is 0.141 e. The number of piperidine rings is 2. The lowest BCUT2D eigenvalue weighted by molar-refractivity contribution is 0.206. The maximum absolute atomic E-state index is 11.2. The molecule has 3 aromatic carbocycles. The quantitative estimate of drug-likeness (QED) is 0.323. The fourth-order valence-corrected chi connectivity index (χ4v) is 7.30. The second-order valence-corrected chi connectivity index (χ2v) is 12.3. The highest BCUT2D eigenvalue weighted by molar-refractivity contribution is 7.80. The van der Waals surface area contributed by atoms with Crippen molar-refractivity contribution in [3.63, 3.8) is 0 Å². The monoisotopic (exact) mass is 578 g/mol. The molecular weight excluding hydrogens is 548 g/mol. The van der Waals surface area contributed by atoms with Gasteiger partial charge in [-0.05, 0) is 85.8 Å². The topological polar surface area (TPSA) is 69.7 Å². The number of benzene rings is 3. The molecule has 0 amide bonds. The van der Waals surface area contributed by atoms with Crippen LogP contribution in [-0.2, 0) is 0 Å². The molecule has 6 nitrogen and oxygen atoms in total. The zero-order valence-electron chi connectivity index (χ0n) is 23.6. The summed E-state index contributed by atoms with van der Waals surface area (Å²) >= 11 is 13.1. The number of nitrogens with zero attached hydrogens (tertiary/aromatic N) is 6. The molecule has 3 atom stereocenters. The van der Waals surface area contributed by atoms with Crippen LogP contribution in [0.3, 0.4) is 0 Å². The van der Waals surface area contributed by atoms with Gasteiger partial charge in [0.2, 0.25) is 0 Å². The fraction of sp³-hybridized carbons (Fsp3) is 0.333. The minimum Gasteiger partial charge on any atom is -0.367 e. The molecule has 2 saturated heterocycles. The molecule has 8 heteroatoms. The summed E-state index contributed by atoms with van der Waals surface area (Å²) in [6.07, 6.45) is 0. The fourth-order valence-electron chi connectivity index (χ4n) is 6.68. The van der Waals surface area contributed by atoms with Crippen LogP contribution in [0.2, 0.25) is 5.02 Å². The maximum atomic E-state index is 11.2. The van der Waals surface area contributed by atoms with Crippen molar-refractivity contribution in [1.29, 1.82) is 10.5 Å². The van der Waals surface area contributed by atoms with E-state index >= 15 is 0 Å². The summed E-state index contributed by atoms with van der Waals surface area (Å²) < 4.78 is 0. The Labute approximate surface area is 252 Å². The molecule has 0 radical (unpaired) electrons. The third kappa shape index (κ3) is 4.02. The van der Waals surface area contributed by atoms with Gasteiger partial charge in [0.05, 0.1) is 18.8 Å². The number of rotatable bonds is 3. The molecule has 206 valence electrons. The number of amidine groups is 1. The van der Waals surface area contributed by atoms with Crippen molar-refractivity contribution >= 4 is 46.0 Å². The third-order valence-electron chi connectivity index (χ3n) is 9.18. The molecule has 2 bridgehead atoms. The Kier molecular flexibility index (Phi) is 6.57. The van der Waals surface area contributed by atoms with E-state index in [1.807, 2.05) is 29.2 Å². The van der Waals surface area contributed by atoms with E-state index in [0.717, 1.165) is 22.5 Å². The molecule has 3 aromatic rings. The molecule has 0 aromatic heterocycles. The number of fused-ring (bicyclic) bond motifs is 4. The van der Waals surface area contributed by atoms with Crippen molar-refractivity contribution in [3.05, 3.63) is 93.5 Å². The largest absolute Gasteiger partial charge is 0.367 e. The molecule has 3 unspecified atom stereocenters. The first-order valence-electron chi connectivity index (χ1n) is 13.7. The Hall–Kier alpha value is -3.91. The lowest BCUT2D eigenvalue weighted by Crippen LogP contribution is -2.73. The predicted octanol–water partition coefficient (Wildman–Crippen LogP) is 6.67. The summed E-state index contributed by atoms with van der Waals surface area (Å²) in [5.41, 5.74) is 5.17. The predicted molar refractivity (Wildman–Crippen MR) is 168 cm³/mol. The first kappa shape index (κ1) is 27.3. The number of aliphatic imine (C=N–C) groups is 1. The number of anilines is 2. The van der Waals surface area contributed by atoms with Gasteiger partial charge in [-0.15, -0.1) is 0 Å². The van der Waals surface area contributed by atoms with E-state index in [4.69, 9.17) is 28.8 Å². The van der Waals surface area contributed by atoms with Gasteiger partial charge in [0.1, 0.15) is 28.3 Å². The number of aryl methyl sites for hydroxylation is 4. The van der Waals surface area contributed by atoms with E-state index in [1.165, 1.54) is 16.7 Å². The third-order valence-corrected chi connectivity index (χ3v) is 10.1. The molecule has 2 fully saturated rings. The smallest absolute Gasteiger partial charge is 0.141 e. The van der Waals surface area contributed by atoms with Gasteiger partial charge >= 0.3 is 0 Å². The lowest BCUT2D eigenvalue weighted by atomic mass is 9.53. The summed E-state index contributed by atoms with van der Waals surface area (Å²) in [7, 11) is 0. The molecule has 41 heavy (non-hydrogen) atoms. The second-order valence-electron chi connectivity index (χ2n) is 11.6. The second kappa shape index (κ2) is 9.87. The van der Waals surface area contributed by atoms with Gasteiger partial charge in [0, 0.05) is 35.4 Å². The van der Waals surface area contributed by atoms with E-state index in [-0.39, 0.29) is 0 Å². The summed E-state index contributed by atoms with van der Waals surface area (Å²) in [6, 6.07) is 25.5. The van der Waals surface area contributed by atoms with Gasteiger partial charge in [-0.2, -0.15) is 10.5 Å². The molecule has 3 aliphatic heterocycles. The number of halogens is 1. The Morgan fingerprint density at radius 1 is 0.829 bits per heavy atom. The van der Waals surface area contributed by atoms with Crippen LogP contribution in [0.1, 0.15) is 33.7 Å². The molecule has 0 spiro atoms. The highest BCUT2D eigenvalue weighted by Gasteiger charge is 2.68. The minimum atomic E-state index is -1.20. The van der Waals surface area contributed by atoms with Crippen molar-refractivity contribution < 1.29 is 0 Å². The number of hydrogen-bond acceptors (Lipinski definition) is 6. The highest BCUT2D eigenvalue weighted by Crippen LogP contribution is 2.59. The Bertz CT molecular complexity index is 1700. The van der Waals surface area contributed by atoms with Crippen LogP contribution in [0.25, 0.3) is 0 Å². The van der Waals surface area contributed by atoms with E-state index in [0.29, 0.717) is 42.3 Å². The normalized spacial score (nSPS) is 25.2. The zero-order chi connectivity index (χ0) is 29.1. The van der Waals surface area contributed by atoms with Crippen molar-refractivity contribution in [2.45, 2.75) is 33.6 Å². The van der Waals surface area contributed by atoms with Crippen LogP contribution in [-0.4, -0.2) is 42.2 Å². The number of nitriles is 2. The van der Waals surface area contributed by atoms with Crippen molar-refractivity contribution in [3.8, 4) is 12.1 Å². The Balaban J connectivity index is 1.55. The first-order chi connectivity index (χ1) is 19.6. The van der Waals surface area contributed by atoms with Crippen LogP contribution < -0.4 is 9.80 Å². The van der Waals surface area contributed by atoms with Gasteiger partial charge in [-0.3, -0.25) is 0 Å². The summed E-state index contributed by atoms with van der Waals surface area (Å²) in [5, 5.41) is 22.8. The summed E-state index contributed by atoms with van der Waals surface area (Å²) in [4.78, 5) is 11.8. The molecule has 0 saturated carbocycles. The van der Waals surface area contributed by atoms with Crippen LogP contribution in [0.5, 0.6) is 0 Å². The highest BCUT2D eigenvalue weighted by atomic mass is 35.5. The van der Waals surface area contributed by atoms with E-state index in [2.05, 4.69) is 86.0 Å². The SMILES string of the molecule is Cc1ccc(N2CN=C3N(C2)C(=S)C2(C#N)CN(c4ccc(C)c(C)c4)CC3(C#N)C2c2ccccc2Cl)cc1C. The molecule has 3 aliphatic rings. The van der Waals surface area contributed by atoms with Crippen LogP contribution in [0.4, 0.5) is 11.4 Å².